The van der Waals surface area contributed by atoms with Crippen molar-refractivity contribution in [1.29, 1.82) is 0 Å². The number of fused-ring (bicyclic) bond motifs is 1. The van der Waals surface area contributed by atoms with Crippen LogP contribution >= 0.6 is 0 Å². The summed E-state index contributed by atoms with van der Waals surface area (Å²) >= 11 is 0. The van der Waals surface area contributed by atoms with Gasteiger partial charge in [0, 0.05) is 18.0 Å². The molecular weight excluding hydrogens is 388 g/mol. The number of aryl methyl sites for hydroxylation is 3. The van der Waals surface area contributed by atoms with Crippen molar-refractivity contribution in [3.8, 4) is 11.6 Å². The maximum atomic E-state index is 12.2. The molecule has 0 fully saturated rings. The Kier molecular flexibility index (Phi) is 5.98. The van der Waals surface area contributed by atoms with Crippen molar-refractivity contribution in [1.82, 2.24) is 20.1 Å². The first-order valence-electron chi connectivity index (χ1n) is 10.4. The molecule has 1 amide bonds. The predicted octanol–water partition coefficient (Wildman–Crippen LogP) is 4.08. The van der Waals surface area contributed by atoms with Gasteiger partial charge < -0.3 is 10.1 Å². The highest BCUT2D eigenvalue weighted by molar-refractivity contribution is 5.84. The summed E-state index contributed by atoms with van der Waals surface area (Å²) < 4.78 is 7.54. The second-order valence-corrected chi connectivity index (χ2v) is 7.68. The van der Waals surface area contributed by atoms with Crippen LogP contribution in [0.2, 0.25) is 0 Å². The van der Waals surface area contributed by atoms with Gasteiger partial charge in [-0.05, 0) is 50.5 Å². The first kappa shape index (κ1) is 20.6. The lowest BCUT2D eigenvalue weighted by Crippen LogP contribution is -2.30. The largest absolute Gasteiger partial charge is 0.468 e. The Morgan fingerprint density at radius 2 is 1.77 bits per heavy atom. The highest BCUT2D eigenvalue weighted by Crippen LogP contribution is 2.26. The number of hydrogen-bond donors (Lipinski definition) is 1. The number of benzene rings is 2. The Labute approximate surface area is 181 Å². The minimum absolute atomic E-state index is 0.0790. The van der Waals surface area contributed by atoms with Gasteiger partial charge >= 0.3 is 0 Å². The molecule has 4 aromatic rings. The summed E-state index contributed by atoms with van der Waals surface area (Å²) in [5.41, 5.74) is 5.95. The van der Waals surface area contributed by atoms with E-state index in [1.165, 1.54) is 11.1 Å². The van der Waals surface area contributed by atoms with Crippen LogP contribution in [-0.4, -0.2) is 33.8 Å². The number of rotatable bonds is 7. The van der Waals surface area contributed by atoms with E-state index in [0.29, 0.717) is 12.4 Å². The van der Waals surface area contributed by atoms with E-state index in [4.69, 9.17) is 4.74 Å². The molecule has 158 valence electrons. The Balaban J connectivity index is 1.46. The third-order valence-corrected chi connectivity index (χ3v) is 5.19. The van der Waals surface area contributed by atoms with Gasteiger partial charge in [-0.3, -0.25) is 4.79 Å². The summed E-state index contributed by atoms with van der Waals surface area (Å²) in [7, 11) is 0. The van der Waals surface area contributed by atoms with Gasteiger partial charge in [0.2, 0.25) is 5.88 Å². The van der Waals surface area contributed by atoms with E-state index < -0.39 is 0 Å². The van der Waals surface area contributed by atoms with Crippen LogP contribution in [0, 0.1) is 20.8 Å². The van der Waals surface area contributed by atoms with E-state index in [9.17, 15) is 4.79 Å². The van der Waals surface area contributed by atoms with E-state index in [0.717, 1.165) is 34.4 Å². The monoisotopic (exact) mass is 414 g/mol. The highest BCUT2D eigenvalue weighted by Gasteiger charge is 2.15. The standard InChI is InChI=1S/C25H26N4O2/c1-17-9-11-21(12-10-17)29-25-24(19(3)28-29)18(2)15-23(27-25)31-16-22(30)26-14-13-20-7-5-4-6-8-20/h4-12,15H,13-14,16H2,1-3H3,(H,26,30). The van der Waals surface area contributed by atoms with Crippen LogP contribution in [0.3, 0.4) is 0 Å². The number of nitrogens with one attached hydrogen (secondary N) is 1. The minimum atomic E-state index is -0.168. The Hall–Kier alpha value is -3.67. The van der Waals surface area contributed by atoms with Gasteiger partial charge in [0.15, 0.2) is 12.3 Å². The van der Waals surface area contributed by atoms with Gasteiger partial charge in [0.25, 0.3) is 5.91 Å². The Bertz CT molecular complexity index is 1200. The summed E-state index contributed by atoms with van der Waals surface area (Å²) in [5.74, 6) is 0.246. The number of hydrogen-bond acceptors (Lipinski definition) is 4. The van der Waals surface area contributed by atoms with Gasteiger partial charge in [-0.15, -0.1) is 0 Å². The average molecular weight is 415 g/mol. The van der Waals surface area contributed by atoms with Gasteiger partial charge in [-0.25, -0.2) is 4.68 Å². The zero-order valence-electron chi connectivity index (χ0n) is 18.1. The zero-order chi connectivity index (χ0) is 21.8. The molecule has 0 aliphatic carbocycles. The Morgan fingerprint density at radius 1 is 1.03 bits per heavy atom. The number of aromatic nitrogens is 3. The number of pyridine rings is 1. The number of carbonyl (C=O) groups excluding carboxylic acids is 1. The van der Waals surface area contributed by atoms with Crippen LogP contribution in [0.5, 0.6) is 5.88 Å². The van der Waals surface area contributed by atoms with E-state index in [2.05, 4.69) is 22.3 Å². The lowest BCUT2D eigenvalue weighted by atomic mass is 10.1. The molecule has 6 nitrogen and oxygen atoms in total. The van der Waals surface area contributed by atoms with Crippen LogP contribution in [0.4, 0.5) is 0 Å². The summed E-state index contributed by atoms with van der Waals surface area (Å²) in [6, 6.07) is 20.0. The number of carbonyl (C=O) groups is 1. The van der Waals surface area contributed by atoms with Gasteiger partial charge in [-0.1, -0.05) is 48.0 Å². The van der Waals surface area contributed by atoms with Crippen LogP contribution < -0.4 is 10.1 Å². The molecular formula is C25H26N4O2. The topological polar surface area (TPSA) is 69.0 Å². The quantitative estimate of drug-likeness (QED) is 0.495. The van der Waals surface area contributed by atoms with Crippen molar-refractivity contribution < 1.29 is 9.53 Å². The molecule has 2 heterocycles. The molecule has 0 saturated carbocycles. The van der Waals surface area contributed by atoms with Crippen molar-refractivity contribution in [2.24, 2.45) is 0 Å². The molecule has 0 atom stereocenters. The van der Waals surface area contributed by atoms with Crippen molar-refractivity contribution in [3.05, 3.63) is 83.0 Å². The van der Waals surface area contributed by atoms with E-state index in [1.54, 1.807) is 0 Å². The molecule has 6 heteroatoms. The molecule has 2 aromatic carbocycles. The number of nitrogens with zero attached hydrogens (tertiary/aromatic N) is 3. The normalized spacial score (nSPS) is 10.9. The molecule has 0 aliphatic heterocycles. The van der Waals surface area contributed by atoms with Crippen molar-refractivity contribution in [2.75, 3.05) is 13.2 Å². The van der Waals surface area contributed by atoms with Crippen molar-refractivity contribution in [3.63, 3.8) is 0 Å². The molecule has 0 radical (unpaired) electrons. The summed E-state index contributed by atoms with van der Waals surface area (Å²) in [6.45, 7) is 6.52. The fourth-order valence-electron chi connectivity index (χ4n) is 3.60. The molecule has 1 N–H and O–H groups in total. The second-order valence-electron chi connectivity index (χ2n) is 7.68. The maximum absolute atomic E-state index is 12.2. The molecule has 2 aromatic heterocycles. The van der Waals surface area contributed by atoms with Gasteiger partial charge in [-0.2, -0.15) is 10.1 Å². The van der Waals surface area contributed by atoms with Crippen molar-refractivity contribution >= 4 is 16.9 Å². The van der Waals surface area contributed by atoms with Crippen LogP contribution in [0.1, 0.15) is 22.4 Å². The summed E-state index contributed by atoms with van der Waals surface area (Å²) in [4.78, 5) is 16.9. The summed E-state index contributed by atoms with van der Waals surface area (Å²) in [6.07, 6.45) is 0.783. The van der Waals surface area contributed by atoms with Crippen LogP contribution in [0.15, 0.2) is 60.7 Å². The number of ether oxygens (including phenoxy) is 1. The molecule has 0 bridgehead atoms. The third kappa shape index (κ3) is 4.74. The van der Waals surface area contributed by atoms with E-state index >= 15 is 0 Å². The molecule has 0 unspecified atom stereocenters. The lowest BCUT2D eigenvalue weighted by Gasteiger charge is -2.09. The SMILES string of the molecule is Cc1ccc(-n2nc(C)c3c(C)cc(OCC(=O)NCCc4ccccc4)nc32)cc1. The van der Waals surface area contributed by atoms with Crippen LogP contribution in [-0.2, 0) is 11.2 Å². The molecule has 4 rings (SSSR count). The fraction of sp³-hybridized carbons (Fsp3) is 0.240. The molecule has 0 aliphatic rings. The molecule has 0 spiro atoms. The Morgan fingerprint density at radius 3 is 2.52 bits per heavy atom. The first-order valence-corrected chi connectivity index (χ1v) is 10.4. The average Bonchev–Trinajstić information content (AvgIpc) is 3.10. The molecule has 31 heavy (non-hydrogen) atoms. The van der Waals surface area contributed by atoms with E-state index in [1.807, 2.05) is 79.2 Å². The third-order valence-electron chi connectivity index (χ3n) is 5.19. The smallest absolute Gasteiger partial charge is 0.258 e. The summed E-state index contributed by atoms with van der Waals surface area (Å²) in [5, 5.41) is 8.57. The predicted molar refractivity (Wildman–Crippen MR) is 122 cm³/mol. The van der Waals surface area contributed by atoms with Crippen LogP contribution in [0.25, 0.3) is 16.7 Å². The number of amides is 1. The second kappa shape index (κ2) is 9.00. The van der Waals surface area contributed by atoms with E-state index in [-0.39, 0.29) is 12.5 Å². The minimum Gasteiger partial charge on any atom is -0.468 e. The zero-order valence-corrected chi connectivity index (χ0v) is 18.1. The molecule has 0 saturated heterocycles. The highest BCUT2D eigenvalue weighted by atomic mass is 16.5. The van der Waals surface area contributed by atoms with Crippen molar-refractivity contribution in [2.45, 2.75) is 27.2 Å². The lowest BCUT2D eigenvalue weighted by molar-refractivity contribution is -0.123. The van der Waals surface area contributed by atoms with Gasteiger partial charge in [0.1, 0.15) is 0 Å². The maximum Gasteiger partial charge on any atom is 0.258 e. The first-order chi connectivity index (χ1) is 15.0. The van der Waals surface area contributed by atoms with Gasteiger partial charge in [0.05, 0.1) is 11.4 Å². The fourth-order valence-corrected chi connectivity index (χ4v) is 3.60.